The first-order valence-corrected chi connectivity index (χ1v) is 8.57. The summed E-state index contributed by atoms with van der Waals surface area (Å²) in [5, 5.41) is 2.95. The van der Waals surface area contributed by atoms with E-state index in [1.807, 2.05) is 17.0 Å². The number of methoxy groups -OCH3 is 1. The van der Waals surface area contributed by atoms with Crippen molar-refractivity contribution in [2.45, 2.75) is 32.2 Å². The standard InChI is InChI=1S/C17H25N5O2/c1-3-22-15(20-14-6-4-8-18-16(14)22)13-7-10-21(12-13)17(23)19-9-5-11-24-2/h4,6,8,13H,3,5,7,9-12H2,1-2H3,(H,19,23). The number of urea groups is 1. The van der Waals surface area contributed by atoms with Crippen molar-refractivity contribution in [3.8, 4) is 0 Å². The van der Waals surface area contributed by atoms with Crippen LogP contribution in [0.2, 0.25) is 0 Å². The van der Waals surface area contributed by atoms with Crippen molar-refractivity contribution in [2.75, 3.05) is 33.4 Å². The average molecular weight is 331 g/mol. The van der Waals surface area contributed by atoms with E-state index in [2.05, 4.69) is 21.8 Å². The number of nitrogens with zero attached hydrogens (tertiary/aromatic N) is 4. The third-order valence-electron chi connectivity index (χ3n) is 4.49. The Morgan fingerprint density at radius 1 is 1.50 bits per heavy atom. The van der Waals surface area contributed by atoms with Crippen molar-refractivity contribution in [3.63, 3.8) is 0 Å². The fourth-order valence-electron chi connectivity index (χ4n) is 3.28. The Balaban J connectivity index is 1.66. The number of carbonyl (C=O) groups excluding carboxylic acids is 1. The van der Waals surface area contributed by atoms with Gasteiger partial charge in [0.25, 0.3) is 0 Å². The summed E-state index contributed by atoms with van der Waals surface area (Å²) in [6.07, 6.45) is 3.57. The molecule has 3 rings (SSSR count). The Kier molecular flexibility index (Phi) is 5.30. The predicted octanol–water partition coefficient (Wildman–Crippen LogP) is 1.99. The second kappa shape index (κ2) is 7.61. The van der Waals surface area contributed by atoms with Gasteiger partial charge in [-0.15, -0.1) is 0 Å². The quantitative estimate of drug-likeness (QED) is 0.822. The SMILES string of the molecule is CCn1c(C2CCN(C(=O)NCCCOC)C2)nc2cccnc21. The van der Waals surface area contributed by atoms with Gasteiger partial charge in [-0.05, 0) is 31.9 Å². The van der Waals surface area contributed by atoms with Crippen LogP contribution in [0.4, 0.5) is 4.79 Å². The molecule has 2 aromatic rings. The zero-order valence-corrected chi connectivity index (χ0v) is 14.4. The lowest BCUT2D eigenvalue weighted by Crippen LogP contribution is -2.39. The van der Waals surface area contributed by atoms with E-state index in [0.717, 1.165) is 42.9 Å². The summed E-state index contributed by atoms with van der Waals surface area (Å²) in [6.45, 7) is 5.72. The molecule has 2 amide bonds. The smallest absolute Gasteiger partial charge is 0.317 e. The van der Waals surface area contributed by atoms with Gasteiger partial charge in [-0.2, -0.15) is 0 Å². The maximum absolute atomic E-state index is 12.2. The zero-order valence-electron chi connectivity index (χ0n) is 14.4. The molecule has 0 aliphatic carbocycles. The second-order valence-corrected chi connectivity index (χ2v) is 6.07. The van der Waals surface area contributed by atoms with E-state index in [0.29, 0.717) is 19.7 Å². The molecule has 1 unspecified atom stereocenters. The average Bonchev–Trinajstić information content (AvgIpc) is 3.22. The minimum Gasteiger partial charge on any atom is -0.385 e. The van der Waals surface area contributed by atoms with Gasteiger partial charge in [-0.1, -0.05) is 0 Å². The molecule has 24 heavy (non-hydrogen) atoms. The largest absolute Gasteiger partial charge is 0.385 e. The molecule has 7 heteroatoms. The molecule has 1 N–H and O–H groups in total. The molecule has 1 atom stereocenters. The number of hydrogen-bond donors (Lipinski definition) is 1. The topological polar surface area (TPSA) is 72.3 Å². The summed E-state index contributed by atoms with van der Waals surface area (Å²) < 4.78 is 7.16. The van der Waals surface area contributed by atoms with Crippen LogP contribution in [0, 0.1) is 0 Å². The lowest BCUT2D eigenvalue weighted by molar-refractivity contribution is 0.188. The van der Waals surface area contributed by atoms with Crippen molar-refractivity contribution in [1.29, 1.82) is 0 Å². The highest BCUT2D eigenvalue weighted by atomic mass is 16.5. The lowest BCUT2D eigenvalue weighted by atomic mass is 10.1. The monoisotopic (exact) mass is 331 g/mol. The second-order valence-electron chi connectivity index (χ2n) is 6.07. The highest BCUT2D eigenvalue weighted by Gasteiger charge is 2.30. The van der Waals surface area contributed by atoms with Crippen molar-refractivity contribution in [2.24, 2.45) is 0 Å². The maximum atomic E-state index is 12.2. The number of aromatic nitrogens is 3. The normalized spacial score (nSPS) is 17.6. The Hall–Kier alpha value is -2.15. The number of aryl methyl sites for hydroxylation is 1. The third kappa shape index (κ3) is 3.36. The van der Waals surface area contributed by atoms with Crippen LogP contribution in [0.3, 0.4) is 0 Å². The van der Waals surface area contributed by atoms with Gasteiger partial charge < -0.3 is 19.5 Å². The van der Waals surface area contributed by atoms with Gasteiger partial charge in [0.15, 0.2) is 5.65 Å². The first kappa shape index (κ1) is 16.7. The van der Waals surface area contributed by atoms with Crippen LogP contribution in [-0.2, 0) is 11.3 Å². The molecule has 1 aliphatic heterocycles. The fourth-order valence-corrected chi connectivity index (χ4v) is 3.28. The van der Waals surface area contributed by atoms with Gasteiger partial charge in [-0.25, -0.2) is 14.8 Å². The first-order chi connectivity index (χ1) is 11.7. The van der Waals surface area contributed by atoms with E-state index in [4.69, 9.17) is 9.72 Å². The molecule has 2 aromatic heterocycles. The number of rotatable bonds is 6. The van der Waals surface area contributed by atoms with Gasteiger partial charge in [0.05, 0.1) is 0 Å². The molecule has 0 saturated carbocycles. The number of imidazole rings is 1. The van der Waals surface area contributed by atoms with Crippen LogP contribution in [-0.4, -0.2) is 58.8 Å². The van der Waals surface area contributed by atoms with Gasteiger partial charge in [0, 0.05) is 52.0 Å². The molecular weight excluding hydrogens is 306 g/mol. The molecule has 7 nitrogen and oxygen atoms in total. The van der Waals surface area contributed by atoms with Gasteiger partial charge >= 0.3 is 6.03 Å². The molecular formula is C17H25N5O2. The minimum absolute atomic E-state index is 0.00545. The van der Waals surface area contributed by atoms with Crippen LogP contribution in [0.15, 0.2) is 18.3 Å². The maximum Gasteiger partial charge on any atom is 0.317 e. The van der Waals surface area contributed by atoms with Gasteiger partial charge in [0.2, 0.25) is 0 Å². The molecule has 1 aliphatic rings. The summed E-state index contributed by atoms with van der Waals surface area (Å²) in [5.41, 5.74) is 1.86. The predicted molar refractivity (Wildman–Crippen MR) is 92.0 cm³/mol. The van der Waals surface area contributed by atoms with E-state index < -0.39 is 0 Å². The fraction of sp³-hybridized carbons (Fsp3) is 0.588. The summed E-state index contributed by atoms with van der Waals surface area (Å²) in [6, 6.07) is 3.91. The molecule has 1 fully saturated rings. The number of likely N-dealkylation sites (tertiary alicyclic amines) is 1. The molecule has 0 radical (unpaired) electrons. The van der Waals surface area contributed by atoms with Crippen LogP contribution in [0.5, 0.6) is 0 Å². The lowest BCUT2D eigenvalue weighted by Gasteiger charge is -2.17. The number of amides is 2. The first-order valence-electron chi connectivity index (χ1n) is 8.57. The van der Waals surface area contributed by atoms with E-state index in [9.17, 15) is 4.79 Å². The number of fused-ring (bicyclic) bond motifs is 1. The van der Waals surface area contributed by atoms with Crippen molar-refractivity contribution in [3.05, 3.63) is 24.2 Å². The van der Waals surface area contributed by atoms with Crippen molar-refractivity contribution in [1.82, 2.24) is 24.8 Å². The van der Waals surface area contributed by atoms with E-state index in [1.54, 1.807) is 13.3 Å². The summed E-state index contributed by atoms with van der Waals surface area (Å²) in [7, 11) is 1.67. The molecule has 0 spiro atoms. The Bertz CT molecular complexity index is 699. The highest BCUT2D eigenvalue weighted by Crippen LogP contribution is 2.28. The molecule has 3 heterocycles. The number of hydrogen-bond acceptors (Lipinski definition) is 4. The van der Waals surface area contributed by atoms with Crippen molar-refractivity contribution >= 4 is 17.2 Å². The van der Waals surface area contributed by atoms with Crippen molar-refractivity contribution < 1.29 is 9.53 Å². The Morgan fingerprint density at radius 3 is 3.17 bits per heavy atom. The van der Waals surface area contributed by atoms with Gasteiger partial charge in [-0.3, -0.25) is 0 Å². The molecule has 130 valence electrons. The summed E-state index contributed by atoms with van der Waals surface area (Å²) in [5.74, 6) is 1.31. The number of ether oxygens (including phenoxy) is 1. The zero-order chi connectivity index (χ0) is 16.9. The van der Waals surface area contributed by atoms with Crippen LogP contribution >= 0.6 is 0 Å². The molecule has 0 aromatic carbocycles. The van der Waals surface area contributed by atoms with Crippen LogP contribution in [0.25, 0.3) is 11.2 Å². The van der Waals surface area contributed by atoms with Crippen LogP contribution in [0.1, 0.15) is 31.5 Å². The number of carbonyl (C=O) groups is 1. The summed E-state index contributed by atoms with van der Waals surface area (Å²) >= 11 is 0. The third-order valence-corrected chi connectivity index (χ3v) is 4.49. The van der Waals surface area contributed by atoms with Gasteiger partial charge in [0.1, 0.15) is 11.3 Å². The van der Waals surface area contributed by atoms with E-state index in [-0.39, 0.29) is 11.9 Å². The molecule has 1 saturated heterocycles. The molecule has 0 bridgehead atoms. The Morgan fingerprint density at radius 2 is 2.38 bits per heavy atom. The minimum atomic E-state index is 0.00545. The van der Waals surface area contributed by atoms with Crippen LogP contribution < -0.4 is 5.32 Å². The van der Waals surface area contributed by atoms with E-state index in [1.165, 1.54) is 0 Å². The highest BCUT2D eigenvalue weighted by molar-refractivity contribution is 5.75. The Labute approximate surface area is 142 Å². The number of nitrogens with one attached hydrogen (secondary N) is 1. The summed E-state index contributed by atoms with van der Waals surface area (Å²) in [4.78, 5) is 23.3. The number of pyridine rings is 1. The van der Waals surface area contributed by atoms with E-state index >= 15 is 0 Å².